The molecule has 2 aliphatic rings. The Morgan fingerprint density at radius 3 is 2.56 bits per heavy atom. The van der Waals surface area contributed by atoms with Gasteiger partial charge in [0.05, 0.1) is 6.61 Å². The van der Waals surface area contributed by atoms with Crippen LogP contribution in [0.5, 0.6) is 5.75 Å². The number of nitrogens with one attached hydrogen (secondary N) is 1. The van der Waals surface area contributed by atoms with Gasteiger partial charge in [-0.1, -0.05) is 48.8 Å². The Labute approximate surface area is 206 Å². The molecule has 1 aromatic carbocycles. The van der Waals surface area contributed by atoms with Crippen molar-refractivity contribution >= 4 is 16.5 Å². The van der Waals surface area contributed by atoms with Gasteiger partial charge in [0.2, 0.25) is 10.3 Å². The molecule has 0 spiro atoms. The maximum atomic E-state index is 5.75. The van der Waals surface area contributed by atoms with Crippen molar-refractivity contribution < 1.29 is 4.74 Å². The first-order valence-corrected chi connectivity index (χ1v) is 13.5. The first-order valence-electron chi connectivity index (χ1n) is 12.7. The lowest BCUT2D eigenvalue weighted by Crippen LogP contribution is -2.50. The van der Waals surface area contributed by atoms with Crippen LogP contribution < -0.4 is 15.0 Å². The lowest BCUT2D eigenvalue weighted by atomic mass is 9.94. The summed E-state index contributed by atoms with van der Waals surface area (Å²) < 4.78 is 7.90. The number of benzene rings is 1. The Hall–Kier alpha value is -2.42. The van der Waals surface area contributed by atoms with Crippen molar-refractivity contribution in [2.75, 3.05) is 37.7 Å². The molecule has 182 valence electrons. The van der Waals surface area contributed by atoms with Gasteiger partial charge >= 0.3 is 0 Å². The lowest BCUT2D eigenvalue weighted by Gasteiger charge is -2.40. The second kappa shape index (κ2) is 11.3. The number of hydrogen-bond acceptors (Lipinski definition) is 7. The van der Waals surface area contributed by atoms with Crippen LogP contribution in [0.2, 0.25) is 0 Å². The van der Waals surface area contributed by atoms with Crippen LogP contribution in [0, 0.1) is 0 Å². The van der Waals surface area contributed by atoms with Gasteiger partial charge in [0, 0.05) is 62.8 Å². The maximum absolute atomic E-state index is 5.75. The van der Waals surface area contributed by atoms with Crippen molar-refractivity contribution in [2.24, 2.45) is 0 Å². The molecular weight excluding hydrogens is 444 g/mol. The predicted octanol–water partition coefficient (Wildman–Crippen LogP) is 4.47. The van der Waals surface area contributed by atoms with E-state index in [-0.39, 0.29) is 0 Å². The van der Waals surface area contributed by atoms with E-state index in [0.29, 0.717) is 6.61 Å². The largest absolute Gasteiger partial charge is 0.494 e. The van der Waals surface area contributed by atoms with Crippen molar-refractivity contribution in [3.63, 3.8) is 0 Å². The highest BCUT2D eigenvalue weighted by Crippen LogP contribution is 2.28. The molecule has 2 aromatic heterocycles. The summed E-state index contributed by atoms with van der Waals surface area (Å²) in [4.78, 5) is 5.11. The number of piperazine rings is 1. The summed E-state index contributed by atoms with van der Waals surface area (Å²) in [5, 5.41) is 14.6. The number of para-hydroxylation sites is 1. The Bertz CT molecular complexity index is 1040. The summed E-state index contributed by atoms with van der Waals surface area (Å²) in [6.45, 7) is 8.58. The fraction of sp³-hybridized carbons (Fsp3) is 0.538. The first kappa shape index (κ1) is 23.3. The minimum absolute atomic E-state index is 0.675. The number of hydrogen-bond donors (Lipinski definition) is 1. The fourth-order valence-corrected chi connectivity index (χ4v) is 6.09. The average Bonchev–Trinajstić information content (AvgIpc) is 3.56. The van der Waals surface area contributed by atoms with Crippen LogP contribution in [0.25, 0.3) is 5.13 Å². The Balaban J connectivity index is 1.17. The van der Waals surface area contributed by atoms with E-state index >= 15 is 0 Å². The van der Waals surface area contributed by atoms with Gasteiger partial charge in [0.15, 0.2) is 0 Å². The SMILES string of the molecule is CCOc1ccccc1CNCc1cccn1-c1nnc(N2CCN(C3CCCCC3)CC2)s1. The standard InChI is InChI=1S/C26H36N6OS/c1-2-33-24-13-7-6-9-21(24)19-27-20-23-12-8-14-32(23)26-29-28-25(34-26)31-17-15-30(16-18-31)22-10-4-3-5-11-22/h6-9,12-14,22,27H,2-5,10-11,15-20H2,1H3. The Morgan fingerprint density at radius 2 is 1.74 bits per heavy atom. The third-order valence-corrected chi connectivity index (χ3v) is 8.00. The topological polar surface area (TPSA) is 58.5 Å². The van der Waals surface area contributed by atoms with Crippen LogP contribution in [0.1, 0.15) is 50.3 Å². The predicted molar refractivity (Wildman–Crippen MR) is 138 cm³/mol. The fourth-order valence-electron chi connectivity index (χ4n) is 5.18. The molecule has 2 fully saturated rings. The molecule has 3 aromatic rings. The summed E-state index contributed by atoms with van der Waals surface area (Å²) in [7, 11) is 0. The Morgan fingerprint density at radius 1 is 0.941 bits per heavy atom. The molecular formula is C26H36N6OS. The molecule has 3 heterocycles. The zero-order chi connectivity index (χ0) is 23.2. The second-order valence-corrected chi connectivity index (χ2v) is 10.1. The molecule has 7 nitrogen and oxygen atoms in total. The van der Waals surface area contributed by atoms with Gasteiger partial charge in [-0.25, -0.2) is 0 Å². The molecule has 0 radical (unpaired) electrons. The second-order valence-electron chi connectivity index (χ2n) is 9.20. The van der Waals surface area contributed by atoms with Gasteiger partial charge in [-0.15, -0.1) is 10.2 Å². The van der Waals surface area contributed by atoms with E-state index in [4.69, 9.17) is 4.74 Å². The van der Waals surface area contributed by atoms with Crippen LogP contribution in [0.3, 0.4) is 0 Å². The van der Waals surface area contributed by atoms with Crippen molar-refractivity contribution in [1.29, 1.82) is 0 Å². The van der Waals surface area contributed by atoms with Crippen LogP contribution in [-0.4, -0.2) is 58.5 Å². The number of anilines is 1. The summed E-state index contributed by atoms with van der Waals surface area (Å²) in [5.41, 5.74) is 2.35. The van der Waals surface area contributed by atoms with Crippen LogP contribution >= 0.6 is 11.3 Å². The minimum atomic E-state index is 0.675. The van der Waals surface area contributed by atoms with E-state index in [0.717, 1.165) is 61.3 Å². The summed E-state index contributed by atoms with van der Waals surface area (Å²) in [6, 6.07) is 13.2. The smallest absolute Gasteiger partial charge is 0.218 e. The number of nitrogens with zero attached hydrogens (tertiary/aromatic N) is 5. The molecule has 8 heteroatoms. The van der Waals surface area contributed by atoms with Gasteiger partial charge < -0.3 is 15.0 Å². The van der Waals surface area contributed by atoms with E-state index in [1.54, 1.807) is 11.3 Å². The van der Waals surface area contributed by atoms with E-state index in [1.165, 1.54) is 43.4 Å². The molecule has 1 aliphatic carbocycles. The van der Waals surface area contributed by atoms with E-state index in [2.05, 4.69) is 60.3 Å². The van der Waals surface area contributed by atoms with E-state index in [1.807, 2.05) is 19.1 Å². The van der Waals surface area contributed by atoms with Gasteiger partial charge in [0.1, 0.15) is 5.75 Å². The number of aromatic nitrogens is 3. The third-order valence-electron chi connectivity index (χ3n) is 7.01. The van der Waals surface area contributed by atoms with Crippen LogP contribution in [0.15, 0.2) is 42.6 Å². The minimum Gasteiger partial charge on any atom is -0.494 e. The lowest BCUT2D eigenvalue weighted by molar-refractivity contribution is 0.148. The first-order chi connectivity index (χ1) is 16.8. The molecule has 0 bridgehead atoms. The van der Waals surface area contributed by atoms with Gasteiger partial charge in [-0.3, -0.25) is 9.47 Å². The molecule has 0 amide bonds. The molecule has 0 unspecified atom stereocenters. The van der Waals surface area contributed by atoms with Crippen molar-refractivity contribution in [3.05, 3.63) is 53.9 Å². The van der Waals surface area contributed by atoms with Crippen LogP contribution in [0.4, 0.5) is 5.13 Å². The van der Waals surface area contributed by atoms with Crippen molar-refractivity contribution in [3.8, 4) is 10.9 Å². The highest BCUT2D eigenvalue weighted by Gasteiger charge is 2.26. The molecule has 1 saturated heterocycles. The average molecular weight is 481 g/mol. The molecule has 1 saturated carbocycles. The van der Waals surface area contributed by atoms with Crippen molar-refractivity contribution in [1.82, 2.24) is 25.0 Å². The molecule has 0 atom stereocenters. The quantitative estimate of drug-likeness (QED) is 0.488. The van der Waals surface area contributed by atoms with Gasteiger partial charge in [0.25, 0.3) is 0 Å². The summed E-state index contributed by atoms with van der Waals surface area (Å²) in [5.74, 6) is 0.949. The van der Waals surface area contributed by atoms with Gasteiger partial charge in [-0.05, 0) is 38.0 Å². The van der Waals surface area contributed by atoms with E-state index < -0.39 is 0 Å². The summed E-state index contributed by atoms with van der Waals surface area (Å²) >= 11 is 1.69. The Kier molecular flexibility index (Phi) is 7.78. The maximum Gasteiger partial charge on any atom is 0.218 e. The zero-order valence-corrected chi connectivity index (χ0v) is 21.0. The van der Waals surface area contributed by atoms with E-state index in [9.17, 15) is 0 Å². The highest BCUT2D eigenvalue weighted by molar-refractivity contribution is 7.17. The molecule has 34 heavy (non-hydrogen) atoms. The number of rotatable bonds is 9. The monoisotopic (exact) mass is 480 g/mol. The normalized spacial score (nSPS) is 17.9. The summed E-state index contributed by atoms with van der Waals surface area (Å²) in [6.07, 6.45) is 9.06. The van der Waals surface area contributed by atoms with Crippen LogP contribution in [-0.2, 0) is 13.1 Å². The highest BCUT2D eigenvalue weighted by atomic mass is 32.1. The molecule has 1 N–H and O–H groups in total. The van der Waals surface area contributed by atoms with Crippen molar-refractivity contribution in [2.45, 2.75) is 58.2 Å². The molecule has 1 aliphatic heterocycles. The molecule has 5 rings (SSSR count). The third kappa shape index (κ3) is 5.45. The number of ether oxygens (including phenoxy) is 1. The van der Waals surface area contributed by atoms with Gasteiger partial charge in [-0.2, -0.15) is 0 Å². The zero-order valence-electron chi connectivity index (χ0n) is 20.2.